The van der Waals surface area contributed by atoms with Gasteiger partial charge in [-0.25, -0.2) is 4.39 Å². The highest BCUT2D eigenvalue weighted by atomic mass is 19.1. The molecule has 0 radical (unpaired) electrons. The second-order valence-electron chi connectivity index (χ2n) is 6.12. The summed E-state index contributed by atoms with van der Waals surface area (Å²) < 4.78 is 19.2. The zero-order valence-electron chi connectivity index (χ0n) is 12.6. The summed E-state index contributed by atoms with van der Waals surface area (Å²) >= 11 is 0. The third-order valence-corrected chi connectivity index (χ3v) is 4.58. The maximum atomic E-state index is 13.7. The van der Waals surface area contributed by atoms with E-state index in [1.165, 1.54) is 6.07 Å². The molecule has 1 fully saturated rings. The lowest BCUT2D eigenvalue weighted by molar-refractivity contribution is 0.234. The minimum absolute atomic E-state index is 0.117. The Labute approximate surface area is 123 Å². The van der Waals surface area contributed by atoms with E-state index in [1.54, 1.807) is 13.0 Å². The molecule has 1 unspecified atom stereocenters. The van der Waals surface area contributed by atoms with Crippen molar-refractivity contribution in [2.24, 2.45) is 5.92 Å². The van der Waals surface area contributed by atoms with Crippen molar-refractivity contribution in [2.45, 2.75) is 32.6 Å². The molecule has 0 spiro atoms. The summed E-state index contributed by atoms with van der Waals surface area (Å²) in [6.07, 6.45) is 0.981. The van der Waals surface area contributed by atoms with Gasteiger partial charge in [-0.1, -0.05) is 31.1 Å². The monoisotopic (exact) mass is 289 g/mol. The fraction of sp³-hybridized carbons (Fsp3) is 0.500. The number of aryl methyl sites for hydroxylation is 1. The number of hydrogen-bond acceptors (Lipinski definition) is 4. The Hall–Kier alpha value is -1.75. The van der Waals surface area contributed by atoms with Gasteiger partial charge in [0.05, 0.1) is 5.41 Å². The number of hydrogen-bond donors (Lipinski definition) is 1. The van der Waals surface area contributed by atoms with E-state index in [2.05, 4.69) is 29.3 Å². The maximum absolute atomic E-state index is 13.7. The van der Waals surface area contributed by atoms with Crippen LogP contribution in [0.1, 0.15) is 31.7 Å². The van der Waals surface area contributed by atoms with Gasteiger partial charge in [-0.2, -0.15) is 4.98 Å². The minimum Gasteiger partial charge on any atom is -0.338 e. The van der Waals surface area contributed by atoms with Crippen LogP contribution in [0.25, 0.3) is 11.4 Å². The number of nitrogens with one attached hydrogen (secondary N) is 1. The fourth-order valence-electron chi connectivity index (χ4n) is 2.91. The molecule has 3 rings (SSSR count). The van der Waals surface area contributed by atoms with Gasteiger partial charge in [-0.15, -0.1) is 0 Å². The van der Waals surface area contributed by atoms with Crippen LogP contribution in [0.4, 0.5) is 4.39 Å². The number of halogens is 1. The van der Waals surface area contributed by atoms with Gasteiger partial charge in [0, 0.05) is 12.1 Å². The smallest absolute Gasteiger partial charge is 0.234 e. The predicted octanol–water partition coefficient (Wildman–Crippen LogP) is 3.07. The summed E-state index contributed by atoms with van der Waals surface area (Å²) in [5.41, 5.74) is 1.15. The first-order valence-electron chi connectivity index (χ1n) is 7.34. The summed E-state index contributed by atoms with van der Waals surface area (Å²) in [5.74, 6) is 1.25. The molecule has 4 nitrogen and oxygen atoms in total. The van der Waals surface area contributed by atoms with Crippen molar-refractivity contribution in [3.8, 4) is 11.4 Å². The first kappa shape index (κ1) is 14.2. The van der Waals surface area contributed by atoms with Crippen molar-refractivity contribution in [3.63, 3.8) is 0 Å². The quantitative estimate of drug-likeness (QED) is 0.943. The molecule has 1 N–H and O–H groups in total. The predicted molar refractivity (Wildman–Crippen MR) is 78.4 cm³/mol. The van der Waals surface area contributed by atoms with Gasteiger partial charge in [0.15, 0.2) is 0 Å². The highest BCUT2D eigenvalue weighted by molar-refractivity contribution is 5.55. The van der Waals surface area contributed by atoms with Crippen LogP contribution >= 0.6 is 0 Å². The van der Waals surface area contributed by atoms with E-state index in [-0.39, 0.29) is 11.2 Å². The zero-order chi connectivity index (χ0) is 15.0. The molecule has 112 valence electrons. The Kier molecular flexibility index (Phi) is 3.53. The Morgan fingerprint density at radius 2 is 2.19 bits per heavy atom. The van der Waals surface area contributed by atoms with Crippen molar-refractivity contribution < 1.29 is 8.91 Å². The SMILES string of the molecule is Cc1ccc(-c2noc(C3(C(C)C)CCNC3)n2)cc1F. The molecule has 1 aliphatic rings. The molecule has 0 amide bonds. The molecule has 0 bridgehead atoms. The molecule has 1 saturated heterocycles. The molecular formula is C16H20FN3O. The normalized spacial score (nSPS) is 22.1. The number of benzene rings is 1. The number of nitrogens with zero attached hydrogens (tertiary/aromatic N) is 2. The zero-order valence-corrected chi connectivity index (χ0v) is 12.6. The van der Waals surface area contributed by atoms with Gasteiger partial charge in [0.2, 0.25) is 11.7 Å². The van der Waals surface area contributed by atoms with Crippen LogP contribution in [0.5, 0.6) is 0 Å². The summed E-state index contributed by atoms with van der Waals surface area (Å²) in [6, 6.07) is 5.01. The lowest BCUT2D eigenvalue weighted by Gasteiger charge is -2.27. The van der Waals surface area contributed by atoms with E-state index in [0.29, 0.717) is 28.8 Å². The second-order valence-corrected chi connectivity index (χ2v) is 6.12. The van der Waals surface area contributed by atoms with Crippen molar-refractivity contribution in [1.29, 1.82) is 0 Å². The average molecular weight is 289 g/mol. The lowest BCUT2D eigenvalue weighted by Crippen LogP contribution is -2.35. The van der Waals surface area contributed by atoms with Crippen molar-refractivity contribution in [1.82, 2.24) is 15.5 Å². The van der Waals surface area contributed by atoms with Crippen LogP contribution in [0.2, 0.25) is 0 Å². The van der Waals surface area contributed by atoms with Crippen LogP contribution in [0.15, 0.2) is 22.7 Å². The van der Waals surface area contributed by atoms with Crippen LogP contribution < -0.4 is 5.32 Å². The summed E-state index contributed by atoms with van der Waals surface area (Å²) in [4.78, 5) is 4.54. The van der Waals surface area contributed by atoms with Gasteiger partial charge < -0.3 is 9.84 Å². The molecule has 21 heavy (non-hydrogen) atoms. The third-order valence-electron chi connectivity index (χ3n) is 4.58. The highest BCUT2D eigenvalue weighted by Crippen LogP contribution is 2.37. The Morgan fingerprint density at radius 1 is 1.38 bits per heavy atom. The van der Waals surface area contributed by atoms with E-state index in [9.17, 15) is 4.39 Å². The Balaban J connectivity index is 1.97. The van der Waals surface area contributed by atoms with Gasteiger partial charge >= 0.3 is 0 Å². The van der Waals surface area contributed by atoms with Crippen LogP contribution in [0.3, 0.4) is 0 Å². The van der Waals surface area contributed by atoms with E-state index >= 15 is 0 Å². The molecule has 1 aromatic carbocycles. The van der Waals surface area contributed by atoms with Crippen LogP contribution in [-0.2, 0) is 5.41 Å². The molecular weight excluding hydrogens is 269 g/mol. The summed E-state index contributed by atoms with van der Waals surface area (Å²) in [7, 11) is 0. The average Bonchev–Trinajstić information content (AvgIpc) is 3.10. The summed E-state index contributed by atoms with van der Waals surface area (Å²) in [6.45, 7) is 7.87. The van der Waals surface area contributed by atoms with Gasteiger partial charge in [-0.3, -0.25) is 0 Å². The van der Waals surface area contributed by atoms with Crippen LogP contribution in [0, 0.1) is 18.7 Å². The lowest BCUT2D eigenvalue weighted by atomic mass is 9.76. The molecule has 2 heterocycles. The minimum atomic E-state index is -0.250. The van der Waals surface area contributed by atoms with E-state index in [0.717, 1.165) is 19.5 Å². The molecule has 0 aliphatic carbocycles. The van der Waals surface area contributed by atoms with Crippen LogP contribution in [-0.4, -0.2) is 23.2 Å². The van der Waals surface area contributed by atoms with Gasteiger partial charge in [0.25, 0.3) is 0 Å². The molecule has 0 saturated carbocycles. The van der Waals surface area contributed by atoms with Gasteiger partial charge in [-0.05, 0) is 37.4 Å². The van der Waals surface area contributed by atoms with Crippen molar-refractivity contribution in [2.75, 3.05) is 13.1 Å². The highest BCUT2D eigenvalue weighted by Gasteiger charge is 2.43. The molecule has 5 heteroatoms. The number of aromatic nitrogens is 2. The second kappa shape index (κ2) is 5.22. The fourth-order valence-corrected chi connectivity index (χ4v) is 2.91. The molecule has 1 atom stereocenters. The first-order valence-corrected chi connectivity index (χ1v) is 7.34. The Bertz CT molecular complexity index is 645. The largest absolute Gasteiger partial charge is 0.338 e. The topological polar surface area (TPSA) is 51.0 Å². The van der Waals surface area contributed by atoms with E-state index in [1.807, 2.05) is 6.07 Å². The van der Waals surface area contributed by atoms with E-state index in [4.69, 9.17) is 4.52 Å². The van der Waals surface area contributed by atoms with Crippen molar-refractivity contribution in [3.05, 3.63) is 35.5 Å². The first-order chi connectivity index (χ1) is 10.0. The standard InChI is InChI=1S/C16H20FN3O/c1-10(2)16(6-7-18-9-16)15-19-14(20-21-15)12-5-4-11(3)13(17)8-12/h4-5,8,10,18H,6-7,9H2,1-3H3. The Morgan fingerprint density at radius 3 is 2.81 bits per heavy atom. The number of rotatable bonds is 3. The molecule has 2 aromatic rings. The van der Waals surface area contributed by atoms with Crippen molar-refractivity contribution >= 4 is 0 Å². The maximum Gasteiger partial charge on any atom is 0.234 e. The third kappa shape index (κ3) is 2.35. The summed E-state index contributed by atoms with van der Waals surface area (Å²) in [5, 5.41) is 7.42. The van der Waals surface area contributed by atoms with Gasteiger partial charge in [0.1, 0.15) is 5.82 Å². The van der Waals surface area contributed by atoms with E-state index < -0.39 is 0 Å². The molecule has 1 aliphatic heterocycles. The molecule has 1 aromatic heterocycles.